The summed E-state index contributed by atoms with van der Waals surface area (Å²) in [6, 6.07) is 7.96. The van der Waals surface area contributed by atoms with Crippen LogP contribution in [-0.2, 0) is 6.54 Å². The maximum Gasteiger partial charge on any atom is 0.0406 e. The number of hydrogen-bond donors (Lipinski definition) is 1. The van der Waals surface area contributed by atoms with E-state index in [4.69, 9.17) is 11.6 Å². The Labute approximate surface area is 105 Å². The van der Waals surface area contributed by atoms with E-state index in [1.54, 1.807) is 0 Å². The topological polar surface area (TPSA) is 12.0 Å². The number of hydrogen-bond acceptors (Lipinski definition) is 1. The average Bonchev–Trinajstić information content (AvgIpc) is 2.17. The Morgan fingerprint density at radius 3 is 2.40 bits per heavy atom. The first kappa shape index (κ1) is 13.0. The van der Waals surface area contributed by atoms with E-state index in [1.807, 2.05) is 12.1 Å². The van der Waals surface area contributed by atoms with E-state index in [0.29, 0.717) is 0 Å². The van der Waals surface area contributed by atoms with Gasteiger partial charge in [0.15, 0.2) is 0 Å². The zero-order valence-corrected chi connectivity index (χ0v) is 11.5. The summed E-state index contributed by atoms with van der Waals surface area (Å²) in [4.78, 5) is 0. The molecular formula is C12H17BrClN. The van der Waals surface area contributed by atoms with E-state index in [-0.39, 0.29) is 5.54 Å². The van der Waals surface area contributed by atoms with Crippen LogP contribution in [0.15, 0.2) is 24.3 Å². The Kier molecular flexibility index (Phi) is 5.10. The lowest BCUT2D eigenvalue weighted by molar-refractivity contribution is 0.378. The predicted molar refractivity (Wildman–Crippen MR) is 70.8 cm³/mol. The first-order valence-corrected chi connectivity index (χ1v) is 6.59. The highest BCUT2D eigenvalue weighted by Gasteiger charge is 2.15. The van der Waals surface area contributed by atoms with Gasteiger partial charge in [-0.15, -0.1) is 0 Å². The molecule has 0 unspecified atom stereocenters. The Hall–Kier alpha value is -0.0500. The molecule has 0 amide bonds. The highest BCUT2D eigenvalue weighted by atomic mass is 79.9. The summed E-state index contributed by atoms with van der Waals surface area (Å²) in [5.41, 5.74) is 1.44. The Bertz CT molecular complexity index is 295. The smallest absolute Gasteiger partial charge is 0.0406 e. The molecule has 84 valence electrons. The van der Waals surface area contributed by atoms with Crippen molar-refractivity contribution in [1.82, 2.24) is 5.32 Å². The molecule has 0 saturated carbocycles. The number of alkyl halides is 1. The quantitative estimate of drug-likeness (QED) is 0.809. The molecule has 0 bridgehead atoms. The minimum Gasteiger partial charge on any atom is -0.308 e. The standard InChI is InChI=1S/C12H17BrClN/c1-12(2,7-8-13)15-9-10-3-5-11(14)6-4-10/h3-6,15H,7-9H2,1-2H3. The van der Waals surface area contributed by atoms with Gasteiger partial charge in [-0.3, -0.25) is 0 Å². The first-order valence-electron chi connectivity index (χ1n) is 5.09. The second kappa shape index (κ2) is 5.88. The van der Waals surface area contributed by atoms with Gasteiger partial charge in [-0.05, 0) is 38.0 Å². The third-order valence-electron chi connectivity index (χ3n) is 2.40. The third-order valence-corrected chi connectivity index (χ3v) is 3.05. The molecule has 0 aliphatic rings. The molecule has 0 aliphatic carbocycles. The minimum atomic E-state index is 0.170. The van der Waals surface area contributed by atoms with Crippen LogP contribution in [0.3, 0.4) is 0 Å². The van der Waals surface area contributed by atoms with Crippen LogP contribution in [-0.4, -0.2) is 10.9 Å². The zero-order chi connectivity index (χ0) is 11.3. The maximum absolute atomic E-state index is 5.82. The lowest BCUT2D eigenvalue weighted by atomic mass is 10.0. The molecular weight excluding hydrogens is 273 g/mol. The molecule has 1 N–H and O–H groups in total. The van der Waals surface area contributed by atoms with Crippen molar-refractivity contribution in [1.29, 1.82) is 0 Å². The minimum absolute atomic E-state index is 0.170. The van der Waals surface area contributed by atoms with Gasteiger partial charge < -0.3 is 5.32 Å². The molecule has 0 radical (unpaired) electrons. The Morgan fingerprint density at radius 2 is 1.87 bits per heavy atom. The second-order valence-electron chi connectivity index (χ2n) is 4.30. The summed E-state index contributed by atoms with van der Waals surface area (Å²) in [6.07, 6.45) is 1.11. The summed E-state index contributed by atoms with van der Waals surface area (Å²) in [7, 11) is 0. The lowest BCUT2D eigenvalue weighted by Crippen LogP contribution is -2.38. The molecule has 0 saturated heterocycles. The van der Waals surface area contributed by atoms with Crippen molar-refractivity contribution in [3.8, 4) is 0 Å². The van der Waals surface area contributed by atoms with Crippen LogP contribution in [0.2, 0.25) is 5.02 Å². The van der Waals surface area contributed by atoms with Crippen LogP contribution in [0.5, 0.6) is 0 Å². The van der Waals surface area contributed by atoms with Crippen molar-refractivity contribution >= 4 is 27.5 Å². The number of benzene rings is 1. The zero-order valence-electron chi connectivity index (χ0n) is 9.19. The van der Waals surface area contributed by atoms with Gasteiger partial charge in [0.05, 0.1) is 0 Å². The molecule has 0 aromatic heterocycles. The molecule has 0 aliphatic heterocycles. The largest absolute Gasteiger partial charge is 0.308 e. The molecule has 0 fully saturated rings. The fourth-order valence-corrected chi connectivity index (χ4v) is 2.39. The molecule has 0 heterocycles. The number of nitrogens with one attached hydrogen (secondary N) is 1. The summed E-state index contributed by atoms with van der Waals surface area (Å²) in [5.74, 6) is 0. The van der Waals surface area contributed by atoms with E-state index in [9.17, 15) is 0 Å². The predicted octanol–water partition coefficient (Wildman–Crippen LogP) is 3.99. The van der Waals surface area contributed by atoms with Crippen molar-refractivity contribution in [2.45, 2.75) is 32.4 Å². The van der Waals surface area contributed by atoms with Crippen LogP contribution in [0.4, 0.5) is 0 Å². The van der Waals surface area contributed by atoms with Crippen molar-refractivity contribution in [2.24, 2.45) is 0 Å². The number of halogens is 2. The molecule has 1 nitrogen and oxygen atoms in total. The number of rotatable bonds is 5. The van der Waals surface area contributed by atoms with Gasteiger partial charge in [0.1, 0.15) is 0 Å². The lowest BCUT2D eigenvalue weighted by Gasteiger charge is -2.25. The van der Waals surface area contributed by atoms with Crippen LogP contribution in [0.25, 0.3) is 0 Å². The molecule has 15 heavy (non-hydrogen) atoms. The van der Waals surface area contributed by atoms with Gasteiger partial charge >= 0.3 is 0 Å². The van der Waals surface area contributed by atoms with Gasteiger partial charge in [0.2, 0.25) is 0 Å². The fourth-order valence-electron chi connectivity index (χ4n) is 1.27. The molecule has 0 spiro atoms. The van der Waals surface area contributed by atoms with E-state index in [0.717, 1.165) is 23.3 Å². The molecule has 1 aromatic rings. The van der Waals surface area contributed by atoms with Gasteiger partial charge in [-0.2, -0.15) is 0 Å². The van der Waals surface area contributed by atoms with Gasteiger partial charge in [0, 0.05) is 22.4 Å². The second-order valence-corrected chi connectivity index (χ2v) is 5.53. The Balaban J connectivity index is 2.46. The first-order chi connectivity index (χ1) is 7.03. The van der Waals surface area contributed by atoms with Gasteiger partial charge in [0.25, 0.3) is 0 Å². The molecule has 3 heteroatoms. The summed E-state index contributed by atoms with van der Waals surface area (Å²) >= 11 is 9.29. The van der Waals surface area contributed by atoms with Crippen molar-refractivity contribution < 1.29 is 0 Å². The Morgan fingerprint density at radius 1 is 1.27 bits per heavy atom. The van der Waals surface area contributed by atoms with Crippen LogP contribution in [0, 0.1) is 0 Å². The summed E-state index contributed by atoms with van der Waals surface area (Å²) in [5, 5.41) is 5.33. The summed E-state index contributed by atoms with van der Waals surface area (Å²) < 4.78 is 0. The highest BCUT2D eigenvalue weighted by molar-refractivity contribution is 9.09. The van der Waals surface area contributed by atoms with Gasteiger partial charge in [-0.25, -0.2) is 0 Å². The molecule has 0 atom stereocenters. The van der Waals surface area contributed by atoms with Crippen LogP contribution >= 0.6 is 27.5 Å². The summed E-state index contributed by atoms with van der Waals surface area (Å²) in [6.45, 7) is 5.31. The normalized spacial score (nSPS) is 11.7. The van der Waals surface area contributed by atoms with Crippen LogP contribution < -0.4 is 5.32 Å². The SMILES string of the molecule is CC(C)(CCBr)NCc1ccc(Cl)cc1. The van der Waals surface area contributed by atoms with E-state index >= 15 is 0 Å². The van der Waals surface area contributed by atoms with Crippen molar-refractivity contribution in [2.75, 3.05) is 5.33 Å². The van der Waals surface area contributed by atoms with Crippen molar-refractivity contribution in [3.05, 3.63) is 34.9 Å². The average molecular weight is 291 g/mol. The molecule has 1 aromatic carbocycles. The third kappa shape index (κ3) is 5.01. The molecule has 1 rings (SSSR count). The van der Waals surface area contributed by atoms with E-state index in [2.05, 4.69) is 47.2 Å². The fraction of sp³-hybridized carbons (Fsp3) is 0.500. The van der Waals surface area contributed by atoms with Crippen molar-refractivity contribution in [3.63, 3.8) is 0 Å². The maximum atomic E-state index is 5.82. The van der Waals surface area contributed by atoms with Gasteiger partial charge in [-0.1, -0.05) is 39.7 Å². The van der Waals surface area contributed by atoms with E-state index < -0.39 is 0 Å². The monoisotopic (exact) mass is 289 g/mol. The van der Waals surface area contributed by atoms with E-state index in [1.165, 1.54) is 5.56 Å². The highest BCUT2D eigenvalue weighted by Crippen LogP contribution is 2.13. The van der Waals surface area contributed by atoms with Crippen LogP contribution in [0.1, 0.15) is 25.8 Å².